The summed E-state index contributed by atoms with van der Waals surface area (Å²) in [4.78, 5) is 28.3. The Hall–Kier alpha value is -4.14. The van der Waals surface area contributed by atoms with Gasteiger partial charge in [0, 0.05) is 25.8 Å². The van der Waals surface area contributed by atoms with Gasteiger partial charge in [-0.1, -0.05) is 38.5 Å². The van der Waals surface area contributed by atoms with Crippen molar-refractivity contribution in [2.75, 3.05) is 25.0 Å². The fourth-order valence-electron chi connectivity index (χ4n) is 5.01. The number of piperidine rings is 1. The summed E-state index contributed by atoms with van der Waals surface area (Å²) in [6.07, 6.45) is 3.92. The predicted octanol–water partition coefficient (Wildman–Crippen LogP) is 5.51. The quantitative estimate of drug-likeness (QED) is 0.243. The molecule has 1 aliphatic heterocycles. The van der Waals surface area contributed by atoms with E-state index in [1.807, 2.05) is 55.5 Å². The lowest BCUT2D eigenvalue weighted by atomic mass is 9.99. The zero-order valence-electron chi connectivity index (χ0n) is 23.2. The number of hydrogen-bond donors (Lipinski definition) is 2. The standard InChI is InChI=1S/C30H37N7O2/c1-5-10-24-26-27(36(4)35-24)29(38)34-28(33-26)23-19-22(13-14-25(23)39-6-2)32-30(31-21-11-8-7-9-12-21)37-17-15-20(3)16-18-37/h7-9,11-14,19-20H,5-6,10,15-18H2,1-4H3,(H,31,32)(H,33,34,38). The number of guanidine groups is 1. The number of hydrogen-bond acceptors (Lipinski definition) is 5. The first kappa shape index (κ1) is 26.5. The van der Waals surface area contributed by atoms with E-state index in [1.165, 1.54) is 0 Å². The predicted molar refractivity (Wildman–Crippen MR) is 157 cm³/mol. The van der Waals surface area contributed by atoms with Crippen LogP contribution in [0.5, 0.6) is 5.75 Å². The van der Waals surface area contributed by atoms with E-state index in [-0.39, 0.29) is 5.56 Å². The van der Waals surface area contributed by atoms with Crippen molar-refractivity contribution in [2.45, 2.75) is 46.5 Å². The summed E-state index contributed by atoms with van der Waals surface area (Å²) in [5.41, 5.74) is 4.15. The molecule has 1 aliphatic rings. The minimum Gasteiger partial charge on any atom is -0.493 e. The molecule has 0 atom stereocenters. The van der Waals surface area contributed by atoms with Crippen LogP contribution < -0.4 is 15.6 Å². The van der Waals surface area contributed by atoms with E-state index in [2.05, 4.69) is 34.1 Å². The second-order valence-corrected chi connectivity index (χ2v) is 10.1. The third-order valence-electron chi connectivity index (χ3n) is 7.11. The molecule has 0 saturated carbocycles. The summed E-state index contributed by atoms with van der Waals surface area (Å²) in [6, 6.07) is 15.8. The minimum absolute atomic E-state index is 0.220. The molecule has 2 N–H and O–H groups in total. The first-order valence-electron chi connectivity index (χ1n) is 13.9. The molecule has 0 unspecified atom stereocenters. The summed E-state index contributed by atoms with van der Waals surface area (Å²) in [6.45, 7) is 8.71. The van der Waals surface area contributed by atoms with Crippen molar-refractivity contribution in [2.24, 2.45) is 18.0 Å². The molecular formula is C30H37N7O2. The van der Waals surface area contributed by atoms with Gasteiger partial charge in [-0.25, -0.2) is 9.98 Å². The molecule has 2 aromatic heterocycles. The Kier molecular flexibility index (Phi) is 7.95. The summed E-state index contributed by atoms with van der Waals surface area (Å²) in [7, 11) is 1.78. The molecule has 1 saturated heterocycles. The summed E-state index contributed by atoms with van der Waals surface area (Å²) < 4.78 is 7.57. The number of aliphatic imine (C=N–C) groups is 1. The maximum atomic E-state index is 13.1. The van der Waals surface area contributed by atoms with Crippen molar-refractivity contribution in [3.8, 4) is 17.1 Å². The smallest absolute Gasteiger partial charge is 0.277 e. The van der Waals surface area contributed by atoms with Gasteiger partial charge in [-0.15, -0.1) is 0 Å². The van der Waals surface area contributed by atoms with Crippen molar-refractivity contribution in [1.82, 2.24) is 24.6 Å². The molecule has 39 heavy (non-hydrogen) atoms. The largest absolute Gasteiger partial charge is 0.493 e. The number of nitrogens with one attached hydrogen (secondary N) is 2. The van der Waals surface area contributed by atoms with Crippen LogP contribution in [0.2, 0.25) is 0 Å². The summed E-state index contributed by atoms with van der Waals surface area (Å²) in [5, 5.41) is 8.12. The Morgan fingerprint density at radius 2 is 1.92 bits per heavy atom. The van der Waals surface area contributed by atoms with Gasteiger partial charge in [0.25, 0.3) is 5.56 Å². The number of aromatic amines is 1. The van der Waals surface area contributed by atoms with E-state index in [9.17, 15) is 4.79 Å². The summed E-state index contributed by atoms with van der Waals surface area (Å²) >= 11 is 0. The number of anilines is 1. The normalized spacial score (nSPS) is 14.7. The average molecular weight is 528 g/mol. The fourth-order valence-corrected chi connectivity index (χ4v) is 5.01. The van der Waals surface area contributed by atoms with Gasteiger partial charge >= 0.3 is 0 Å². The second kappa shape index (κ2) is 11.7. The molecule has 4 aromatic rings. The number of aromatic nitrogens is 4. The van der Waals surface area contributed by atoms with Gasteiger partial charge in [0.1, 0.15) is 17.1 Å². The van der Waals surface area contributed by atoms with Crippen LogP contribution in [0, 0.1) is 5.92 Å². The zero-order valence-corrected chi connectivity index (χ0v) is 23.2. The molecule has 204 valence electrons. The van der Waals surface area contributed by atoms with Crippen LogP contribution >= 0.6 is 0 Å². The van der Waals surface area contributed by atoms with Crippen LogP contribution in [0.4, 0.5) is 11.4 Å². The lowest BCUT2D eigenvalue weighted by Crippen LogP contribution is -2.41. The first-order valence-corrected chi connectivity index (χ1v) is 13.9. The van der Waals surface area contributed by atoms with Crippen molar-refractivity contribution in [3.63, 3.8) is 0 Å². The molecule has 9 nitrogen and oxygen atoms in total. The molecule has 0 aliphatic carbocycles. The van der Waals surface area contributed by atoms with Crippen molar-refractivity contribution in [1.29, 1.82) is 0 Å². The van der Waals surface area contributed by atoms with E-state index in [0.29, 0.717) is 40.7 Å². The van der Waals surface area contributed by atoms with Gasteiger partial charge in [0.15, 0.2) is 5.52 Å². The van der Waals surface area contributed by atoms with Gasteiger partial charge in [-0.3, -0.25) is 9.48 Å². The fraction of sp³-hybridized carbons (Fsp3) is 0.400. The van der Waals surface area contributed by atoms with Crippen LogP contribution in [-0.4, -0.2) is 50.3 Å². The number of benzene rings is 2. The second-order valence-electron chi connectivity index (χ2n) is 10.1. The number of para-hydroxylation sites is 1. The number of H-pyrrole nitrogens is 1. The van der Waals surface area contributed by atoms with Crippen LogP contribution in [-0.2, 0) is 13.5 Å². The van der Waals surface area contributed by atoms with Gasteiger partial charge in [-0.2, -0.15) is 5.10 Å². The maximum absolute atomic E-state index is 13.1. The van der Waals surface area contributed by atoms with E-state index < -0.39 is 0 Å². The number of ether oxygens (including phenoxy) is 1. The highest BCUT2D eigenvalue weighted by Crippen LogP contribution is 2.32. The highest BCUT2D eigenvalue weighted by molar-refractivity contribution is 5.96. The Morgan fingerprint density at radius 3 is 2.64 bits per heavy atom. The van der Waals surface area contributed by atoms with Crippen LogP contribution in [0.25, 0.3) is 22.4 Å². The third-order valence-corrected chi connectivity index (χ3v) is 7.11. The first-order chi connectivity index (χ1) is 19.0. The summed E-state index contributed by atoms with van der Waals surface area (Å²) in [5.74, 6) is 2.62. The topological polar surface area (TPSA) is 100 Å². The number of rotatable bonds is 7. The van der Waals surface area contributed by atoms with Crippen molar-refractivity contribution in [3.05, 3.63) is 64.6 Å². The van der Waals surface area contributed by atoms with Crippen LogP contribution in [0.1, 0.15) is 45.7 Å². The number of aryl methyl sites for hydroxylation is 2. The highest BCUT2D eigenvalue weighted by atomic mass is 16.5. The van der Waals surface area contributed by atoms with E-state index >= 15 is 0 Å². The monoisotopic (exact) mass is 527 g/mol. The van der Waals surface area contributed by atoms with Gasteiger partial charge < -0.3 is 19.9 Å². The molecule has 0 spiro atoms. The molecule has 1 fully saturated rings. The Bertz CT molecular complexity index is 1520. The molecule has 0 radical (unpaired) electrons. The lowest BCUT2D eigenvalue weighted by Gasteiger charge is -2.33. The van der Waals surface area contributed by atoms with E-state index in [4.69, 9.17) is 14.7 Å². The number of nitrogens with zero attached hydrogens (tertiary/aromatic N) is 5. The molecule has 0 bridgehead atoms. The number of fused-ring (bicyclic) bond motifs is 1. The molecule has 0 amide bonds. The van der Waals surface area contributed by atoms with Crippen LogP contribution in [0.15, 0.2) is 58.3 Å². The molecule has 2 aromatic carbocycles. The SMILES string of the molecule is CCCc1nn(C)c2c(=O)[nH]c(-c3cc(NC(=Nc4ccccc4)N4CCC(C)CC4)ccc3OCC)nc12. The minimum atomic E-state index is -0.220. The van der Waals surface area contributed by atoms with Crippen molar-refractivity contribution >= 4 is 28.4 Å². The lowest BCUT2D eigenvalue weighted by molar-refractivity contribution is 0.280. The zero-order chi connectivity index (χ0) is 27.4. The molecule has 3 heterocycles. The molecular weight excluding hydrogens is 490 g/mol. The van der Waals surface area contributed by atoms with Gasteiger partial charge in [0.05, 0.1) is 23.6 Å². The highest BCUT2D eigenvalue weighted by Gasteiger charge is 2.21. The van der Waals surface area contributed by atoms with Crippen molar-refractivity contribution < 1.29 is 4.74 Å². The average Bonchev–Trinajstić information content (AvgIpc) is 3.25. The van der Waals surface area contributed by atoms with Gasteiger partial charge in [-0.05, 0) is 62.4 Å². The Morgan fingerprint density at radius 1 is 1.15 bits per heavy atom. The Labute approximate surface area is 228 Å². The van der Waals surface area contributed by atoms with E-state index in [1.54, 1.807) is 11.7 Å². The maximum Gasteiger partial charge on any atom is 0.277 e. The molecule has 5 rings (SSSR count). The Balaban J connectivity index is 1.57. The van der Waals surface area contributed by atoms with E-state index in [0.717, 1.165) is 61.8 Å². The number of likely N-dealkylation sites (tertiary alicyclic amines) is 1. The molecule has 9 heteroatoms. The third kappa shape index (κ3) is 5.82. The van der Waals surface area contributed by atoms with Crippen LogP contribution in [0.3, 0.4) is 0 Å². The van der Waals surface area contributed by atoms with Gasteiger partial charge in [0.2, 0.25) is 5.96 Å².